The molecule has 7 heteroatoms. The van der Waals surface area contributed by atoms with Crippen LogP contribution >= 0.6 is 0 Å². The highest BCUT2D eigenvalue weighted by Gasteiger charge is 2.28. The normalized spacial score (nSPS) is 11.2. The Morgan fingerprint density at radius 3 is 2.59 bits per heavy atom. The van der Waals surface area contributed by atoms with Gasteiger partial charge in [0.1, 0.15) is 17.3 Å². The molecule has 5 rings (SSSR count). The van der Waals surface area contributed by atoms with Crippen molar-refractivity contribution in [3.63, 3.8) is 0 Å². The number of rotatable bonds is 5. The van der Waals surface area contributed by atoms with Gasteiger partial charge in [-0.3, -0.25) is 0 Å². The predicted octanol–water partition coefficient (Wildman–Crippen LogP) is 5.98. The number of methoxy groups -OCH3 is 2. The smallest absolute Gasteiger partial charge is 0.355 e. The highest BCUT2D eigenvalue weighted by Crippen LogP contribution is 2.42. The minimum atomic E-state index is -0.695. The lowest BCUT2D eigenvalue weighted by molar-refractivity contribution is 0.0590. The van der Waals surface area contributed by atoms with Crippen LogP contribution in [-0.4, -0.2) is 29.7 Å². The summed E-state index contributed by atoms with van der Waals surface area (Å²) >= 11 is 0. The Kier molecular flexibility index (Phi) is 5.45. The number of nitrogens with zero attached hydrogens (tertiary/aromatic N) is 2. The molecule has 3 aromatic carbocycles. The summed E-state index contributed by atoms with van der Waals surface area (Å²) in [6.07, 6.45) is 1.60. The number of hydrogen-bond donors (Lipinski definition) is 0. The Hall–Kier alpha value is -4.26. The van der Waals surface area contributed by atoms with Gasteiger partial charge >= 0.3 is 5.97 Å². The Bertz CT molecular complexity index is 1560. The standard InChI is InChI=1S/C27H20F2N2O3/c1-33-26-20(8-5-13-30-26)24-23-19-7-4-3-6-16(19)10-12-22(23)31(25(24)27(32)34-2)15-17-9-11-18(28)14-21(17)29/h3-14H,15H2,1-2H3. The molecule has 5 aromatic rings. The number of esters is 1. The number of benzene rings is 3. The third-order valence-electron chi connectivity index (χ3n) is 5.91. The third kappa shape index (κ3) is 3.46. The molecule has 34 heavy (non-hydrogen) atoms. The molecule has 0 amide bonds. The Morgan fingerprint density at radius 1 is 1.00 bits per heavy atom. The molecule has 5 nitrogen and oxygen atoms in total. The van der Waals surface area contributed by atoms with E-state index in [1.54, 1.807) is 16.8 Å². The first-order valence-electron chi connectivity index (χ1n) is 10.6. The second kappa shape index (κ2) is 8.59. The van der Waals surface area contributed by atoms with Crippen molar-refractivity contribution in [2.45, 2.75) is 6.54 Å². The molecule has 0 bridgehead atoms. The van der Waals surface area contributed by atoms with Crippen LogP contribution < -0.4 is 4.74 Å². The molecule has 170 valence electrons. The number of halogens is 2. The first-order valence-corrected chi connectivity index (χ1v) is 10.6. The molecule has 0 unspecified atom stereocenters. The fourth-order valence-electron chi connectivity index (χ4n) is 4.42. The summed E-state index contributed by atoms with van der Waals surface area (Å²) < 4.78 is 40.6. The van der Waals surface area contributed by atoms with E-state index in [0.717, 1.165) is 22.2 Å². The fourth-order valence-corrected chi connectivity index (χ4v) is 4.42. The van der Waals surface area contributed by atoms with Crippen molar-refractivity contribution in [1.82, 2.24) is 9.55 Å². The summed E-state index contributed by atoms with van der Waals surface area (Å²) in [5.41, 5.74) is 2.34. The van der Waals surface area contributed by atoms with Gasteiger partial charge in [0.25, 0.3) is 0 Å². The van der Waals surface area contributed by atoms with E-state index in [4.69, 9.17) is 9.47 Å². The lowest BCUT2D eigenvalue weighted by Gasteiger charge is -2.12. The van der Waals surface area contributed by atoms with Gasteiger partial charge in [0, 0.05) is 34.3 Å². The minimum Gasteiger partial charge on any atom is -0.481 e. The van der Waals surface area contributed by atoms with E-state index in [-0.39, 0.29) is 17.8 Å². The van der Waals surface area contributed by atoms with Crippen LogP contribution in [-0.2, 0) is 11.3 Å². The summed E-state index contributed by atoms with van der Waals surface area (Å²) in [4.78, 5) is 17.5. The van der Waals surface area contributed by atoms with Gasteiger partial charge in [-0.2, -0.15) is 0 Å². The SMILES string of the molecule is COC(=O)c1c(-c2cccnc2OC)c2c3ccccc3ccc2n1Cc1ccc(F)cc1F. The van der Waals surface area contributed by atoms with Crippen LogP contribution in [0.2, 0.25) is 0 Å². The third-order valence-corrected chi connectivity index (χ3v) is 5.91. The molecule has 0 aliphatic heterocycles. The summed E-state index contributed by atoms with van der Waals surface area (Å²) in [6.45, 7) is -0.00599. The van der Waals surface area contributed by atoms with Crippen LogP contribution in [0.25, 0.3) is 32.8 Å². The average molecular weight is 458 g/mol. The van der Waals surface area contributed by atoms with Crippen molar-refractivity contribution < 1.29 is 23.0 Å². The van der Waals surface area contributed by atoms with Crippen LogP contribution in [0.4, 0.5) is 8.78 Å². The molecule has 0 aliphatic rings. The van der Waals surface area contributed by atoms with E-state index in [0.29, 0.717) is 22.5 Å². The van der Waals surface area contributed by atoms with E-state index in [1.807, 2.05) is 42.5 Å². The van der Waals surface area contributed by atoms with Gasteiger partial charge in [0.05, 0.1) is 26.3 Å². The number of ether oxygens (including phenoxy) is 2. The van der Waals surface area contributed by atoms with Crippen LogP contribution in [0.5, 0.6) is 5.88 Å². The maximum Gasteiger partial charge on any atom is 0.355 e. The van der Waals surface area contributed by atoms with Crippen molar-refractivity contribution in [3.05, 3.63) is 95.8 Å². The lowest BCUT2D eigenvalue weighted by Crippen LogP contribution is -2.13. The second-order valence-electron chi connectivity index (χ2n) is 7.78. The first kappa shape index (κ1) is 21.6. The maximum absolute atomic E-state index is 14.7. The van der Waals surface area contributed by atoms with Gasteiger partial charge < -0.3 is 14.0 Å². The highest BCUT2D eigenvalue weighted by molar-refractivity contribution is 6.19. The van der Waals surface area contributed by atoms with Gasteiger partial charge in [-0.1, -0.05) is 36.4 Å². The van der Waals surface area contributed by atoms with E-state index in [2.05, 4.69) is 4.98 Å². The lowest BCUT2D eigenvalue weighted by atomic mass is 9.98. The van der Waals surface area contributed by atoms with Crippen LogP contribution in [0.3, 0.4) is 0 Å². The second-order valence-corrected chi connectivity index (χ2v) is 7.78. The molecule has 0 aliphatic carbocycles. The van der Waals surface area contributed by atoms with Gasteiger partial charge in [-0.05, 0) is 35.0 Å². The predicted molar refractivity (Wildman–Crippen MR) is 126 cm³/mol. The summed E-state index contributed by atoms with van der Waals surface area (Å²) in [6, 6.07) is 18.6. The van der Waals surface area contributed by atoms with E-state index in [1.165, 1.54) is 26.4 Å². The van der Waals surface area contributed by atoms with E-state index >= 15 is 0 Å². The molecule has 0 N–H and O–H groups in total. The summed E-state index contributed by atoms with van der Waals surface area (Å²) in [5.74, 6) is -1.62. The van der Waals surface area contributed by atoms with Crippen molar-refractivity contribution in [2.75, 3.05) is 14.2 Å². The molecular formula is C27H20F2N2O3. The van der Waals surface area contributed by atoms with Crippen molar-refractivity contribution in [3.8, 4) is 17.0 Å². The number of hydrogen-bond acceptors (Lipinski definition) is 4. The zero-order valence-corrected chi connectivity index (χ0v) is 18.5. The molecule has 0 spiro atoms. The topological polar surface area (TPSA) is 53.4 Å². The summed E-state index contributed by atoms with van der Waals surface area (Å²) in [7, 11) is 2.81. The molecule has 0 saturated heterocycles. The Morgan fingerprint density at radius 2 is 1.82 bits per heavy atom. The van der Waals surface area contributed by atoms with Crippen molar-refractivity contribution in [2.24, 2.45) is 0 Å². The number of carbonyl (C=O) groups is 1. The van der Waals surface area contributed by atoms with Gasteiger partial charge in [0.15, 0.2) is 0 Å². The van der Waals surface area contributed by atoms with Crippen molar-refractivity contribution >= 4 is 27.6 Å². The first-order chi connectivity index (χ1) is 16.5. The maximum atomic E-state index is 14.7. The van der Waals surface area contributed by atoms with E-state index in [9.17, 15) is 13.6 Å². The van der Waals surface area contributed by atoms with Crippen LogP contribution in [0, 0.1) is 11.6 Å². The molecule has 0 radical (unpaired) electrons. The van der Waals surface area contributed by atoms with Crippen LogP contribution in [0.15, 0.2) is 72.9 Å². The molecule has 2 aromatic heterocycles. The largest absolute Gasteiger partial charge is 0.481 e. The summed E-state index contributed by atoms with van der Waals surface area (Å²) in [5, 5.41) is 2.66. The quantitative estimate of drug-likeness (QED) is 0.304. The molecule has 0 saturated carbocycles. The van der Waals surface area contributed by atoms with Crippen LogP contribution in [0.1, 0.15) is 16.1 Å². The number of fused-ring (bicyclic) bond motifs is 3. The Labute approximate surface area is 194 Å². The Balaban J connectivity index is 1.93. The molecule has 0 fully saturated rings. The number of pyridine rings is 1. The van der Waals surface area contributed by atoms with E-state index < -0.39 is 17.6 Å². The molecule has 2 heterocycles. The zero-order chi connectivity index (χ0) is 23.8. The molecular weight excluding hydrogens is 438 g/mol. The van der Waals surface area contributed by atoms with Gasteiger partial charge in [0.2, 0.25) is 5.88 Å². The fraction of sp³-hybridized carbons (Fsp3) is 0.111. The van der Waals surface area contributed by atoms with Gasteiger partial charge in [-0.25, -0.2) is 18.6 Å². The number of carbonyl (C=O) groups excluding carboxylic acids is 1. The molecule has 0 atom stereocenters. The van der Waals surface area contributed by atoms with Gasteiger partial charge in [-0.15, -0.1) is 0 Å². The minimum absolute atomic E-state index is 0.00599. The zero-order valence-electron chi connectivity index (χ0n) is 18.5. The number of aromatic nitrogens is 2. The monoisotopic (exact) mass is 458 g/mol. The average Bonchev–Trinajstić information content (AvgIpc) is 3.19. The van der Waals surface area contributed by atoms with Crippen molar-refractivity contribution in [1.29, 1.82) is 0 Å². The highest BCUT2D eigenvalue weighted by atomic mass is 19.1.